The van der Waals surface area contributed by atoms with E-state index in [0.29, 0.717) is 0 Å². The quantitative estimate of drug-likeness (QED) is 0.786. The summed E-state index contributed by atoms with van der Waals surface area (Å²) in [5, 5.41) is 3.13. The van der Waals surface area contributed by atoms with Gasteiger partial charge in [-0.15, -0.1) is 11.3 Å². The summed E-state index contributed by atoms with van der Waals surface area (Å²) < 4.78 is 2.15. The first kappa shape index (κ1) is 13.2. The number of hydrogen-bond acceptors (Lipinski definition) is 5. The Balaban J connectivity index is 1.99. The van der Waals surface area contributed by atoms with E-state index >= 15 is 0 Å². The maximum Gasteiger partial charge on any atom is 0.181 e. The molecule has 3 aromatic rings. The van der Waals surface area contributed by atoms with Gasteiger partial charge in [-0.05, 0) is 25.5 Å². The van der Waals surface area contributed by atoms with Gasteiger partial charge in [0.2, 0.25) is 0 Å². The van der Waals surface area contributed by atoms with Crippen molar-refractivity contribution >= 4 is 45.1 Å². The number of thiophene rings is 1. The van der Waals surface area contributed by atoms with Crippen molar-refractivity contribution in [3.8, 4) is 0 Å². The van der Waals surface area contributed by atoms with Gasteiger partial charge in [-0.3, -0.25) is 9.39 Å². The Bertz CT molecular complexity index is 958. The van der Waals surface area contributed by atoms with Gasteiger partial charge < -0.3 is 5.32 Å². The summed E-state index contributed by atoms with van der Waals surface area (Å²) in [6.07, 6.45) is 10.8. The minimum Gasteiger partial charge on any atom is -0.370 e. The van der Waals surface area contributed by atoms with Crippen LogP contribution in [0.25, 0.3) is 21.7 Å². The van der Waals surface area contributed by atoms with Gasteiger partial charge in [0.25, 0.3) is 0 Å². The Kier molecular flexibility index (Phi) is 3.04. The Labute approximate surface area is 131 Å². The predicted molar refractivity (Wildman–Crippen MR) is 92.9 cm³/mol. The average Bonchev–Trinajstić information content (AvgIpc) is 3.00. The van der Waals surface area contributed by atoms with Crippen molar-refractivity contribution in [1.82, 2.24) is 14.4 Å². The fourth-order valence-corrected chi connectivity index (χ4v) is 3.75. The number of allylic oxidation sites excluding steroid dienone is 3. The van der Waals surface area contributed by atoms with E-state index in [1.165, 1.54) is 0 Å². The fourth-order valence-electron chi connectivity index (χ4n) is 2.60. The Hall–Kier alpha value is -2.47. The molecule has 6 heteroatoms. The van der Waals surface area contributed by atoms with Crippen LogP contribution in [0, 0.1) is 6.92 Å². The van der Waals surface area contributed by atoms with Crippen LogP contribution in [-0.4, -0.2) is 27.6 Å². The molecule has 22 heavy (non-hydrogen) atoms. The summed E-state index contributed by atoms with van der Waals surface area (Å²) in [4.78, 5) is 15.9. The highest BCUT2D eigenvalue weighted by atomic mass is 32.1. The Morgan fingerprint density at radius 2 is 2.27 bits per heavy atom. The molecule has 4 rings (SSSR count). The molecule has 4 heterocycles. The van der Waals surface area contributed by atoms with E-state index in [-0.39, 0.29) is 0 Å². The molecule has 1 aliphatic heterocycles. The average molecular weight is 309 g/mol. The molecular weight excluding hydrogens is 294 g/mol. The third-order valence-corrected chi connectivity index (χ3v) is 4.78. The zero-order valence-corrected chi connectivity index (χ0v) is 13.2. The molecule has 3 aromatic heterocycles. The van der Waals surface area contributed by atoms with E-state index in [9.17, 15) is 0 Å². The zero-order chi connectivity index (χ0) is 15.1. The number of aliphatic imine (C=N–C) groups is 1. The molecule has 0 radical (unpaired) electrons. The van der Waals surface area contributed by atoms with E-state index < -0.39 is 0 Å². The summed E-state index contributed by atoms with van der Waals surface area (Å²) in [5.74, 6) is 0.796. The van der Waals surface area contributed by atoms with Crippen molar-refractivity contribution in [2.45, 2.75) is 13.3 Å². The first-order valence-corrected chi connectivity index (χ1v) is 7.94. The van der Waals surface area contributed by atoms with Gasteiger partial charge in [-0.1, -0.05) is 12.2 Å². The van der Waals surface area contributed by atoms with E-state index in [1.807, 2.05) is 25.5 Å². The van der Waals surface area contributed by atoms with Crippen LogP contribution < -0.4 is 5.32 Å². The van der Waals surface area contributed by atoms with Gasteiger partial charge in [-0.25, -0.2) is 9.97 Å². The first-order valence-electron chi connectivity index (χ1n) is 7.13. The standard InChI is InChI=1S/C16H15N5S/c1-10-9-19-15-14(17-2)20-12-8-13(22-16(12)21(10)15)11-6-4-3-5-7-18-11/h3,5-9H,4H2,1-2H3,(H,17,20). The molecular formula is C16H15N5S. The molecule has 0 atom stereocenters. The second kappa shape index (κ2) is 5.06. The third-order valence-electron chi connectivity index (χ3n) is 3.65. The third kappa shape index (κ3) is 1.95. The van der Waals surface area contributed by atoms with Crippen LogP contribution in [0.3, 0.4) is 0 Å². The molecule has 0 spiro atoms. The van der Waals surface area contributed by atoms with Crippen LogP contribution in [-0.2, 0) is 0 Å². The summed E-state index contributed by atoms with van der Waals surface area (Å²) in [6, 6.07) is 2.11. The smallest absolute Gasteiger partial charge is 0.181 e. The van der Waals surface area contributed by atoms with Gasteiger partial charge in [0.1, 0.15) is 10.3 Å². The topological polar surface area (TPSA) is 54.6 Å². The summed E-state index contributed by atoms with van der Waals surface area (Å²) in [5.41, 5.74) is 3.93. The molecule has 0 aromatic carbocycles. The second-order valence-electron chi connectivity index (χ2n) is 5.10. The number of hydrogen-bond donors (Lipinski definition) is 1. The highest BCUT2D eigenvalue weighted by molar-refractivity contribution is 7.19. The van der Waals surface area contributed by atoms with Crippen LogP contribution in [0.1, 0.15) is 17.0 Å². The minimum atomic E-state index is 0.796. The highest BCUT2D eigenvalue weighted by Crippen LogP contribution is 2.33. The molecule has 0 bridgehead atoms. The van der Waals surface area contributed by atoms with Crippen LogP contribution >= 0.6 is 11.3 Å². The highest BCUT2D eigenvalue weighted by Gasteiger charge is 2.15. The number of rotatable bonds is 2. The summed E-state index contributed by atoms with van der Waals surface area (Å²) in [7, 11) is 1.87. The van der Waals surface area contributed by atoms with Crippen molar-refractivity contribution in [2.75, 3.05) is 12.4 Å². The van der Waals surface area contributed by atoms with Crippen molar-refractivity contribution in [3.63, 3.8) is 0 Å². The zero-order valence-electron chi connectivity index (χ0n) is 12.4. The van der Waals surface area contributed by atoms with Gasteiger partial charge in [0, 0.05) is 25.2 Å². The van der Waals surface area contributed by atoms with Crippen molar-refractivity contribution in [1.29, 1.82) is 0 Å². The van der Waals surface area contributed by atoms with Gasteiger partial charge in [-0.2, -0.15) is 0 Å². The Morgan fingerprint density at radius 3 is 3.14 bits per heavy atom. The molecule has 0 aliphatic carbocycles. The maximum absolute atomic E-state index is 4.70. The van der Waals surface area contributed by atoms with Crippen molar-refractivity contribution in [3.05, 3.63) is 41.1 Å². The molecule has 1 aliphatic rings. The lowest BCUT2D eigenvalue weighted by molar-refractivity contribution is 1.15. The molecule has 110 valence electrons. The second-order valence-corrected chi connectivity index (χ2v) is 6.13. The van der Waals surface area contributed by atoms with Crippen LogP contribution in [0.4, 0.5) is 5.82 Å². The molecule has 0 unspecified atom stereocenters. The fraction of sp³-hybridized carbons (Fsp3) is 0.188. The lowest BCUT2D eigenvalue weighted by Crippen LogP contribution is -1.98. The summed E-state index contributed by atoms with van der Waals surface area (Å²) in [6.45, 7) is 2.06. The molecule has 0 fully saturated rings. The van der Waals surface area contributed by atoms with E-state index in [0.717, 1.165) is 44.5 Å². The van der Waals surface area contributed by atoms with Gasteiger partial charge in [0.05, 0.1) is 10.6 Å². The van der Waals surface area contributed by atoms with Crippen molar-refractivity contribution in [2.24, 2.45) is 4.99 Å². The number of fused-ring (bicyclic) bond motifs is 3. The van der Waals surface area contributed by atoms with E-state index in [4.69, 9.17) is 4.98 Å². The number of anilines is 1. The van der Waals surface area contributed by atoms with Crippen LogP contribution in [0.2, 0.25) is 0 Å². The van der Waals surface area contributed by atoms with Gasteiger partial charge >= 0.3 is 0 Å². The predicted octanol–water partition coefficient (Wildman–Crippen LogP) is 3.67. The molecule has 1 N–H and O–H groups in total. The van der Waals surface area contributed by atoms with E-state index in [1.54, 1.807) is 11.3 Å². The molecule has 0 saturated heterocycles. The van der Waals surface area contributed by atoms with Crippen LogP contribution in [0.5, 0.6) is 0 Å². The summed E-state index contributed by atoms with van der Waals surface area (Å²) >= 11 is 1.70. The molecule has 5 nitrogen and oxygen atoms in total. The van der Waals surface area contributed by atoms with Gasteiger partial charge in [0.15, 0.2) is 11.5 Å². The number of aryl methyl sites for hydroxylation is 1. The van der Waals surface area contributed by atoms with Crippen LogP contribution in [0.15, 0.2) is 35.5 Å². The van der Waals surface area contributed by atoms with E-state index in [2.05, 4.69) is 44.8 Å². The number of nitrogens with zero attached hydrogens (tertiary/aromatic N) is 4. The monoisotopic (exact) mass is 309 g/mol. The number of nitrogens with one attached hydrogen (secondary N) is 1. The normalized spacial score (nSPS) is 14.5. The largest absolute Gasteiger partial charge is 0.370 e. The number of aromatic nitrogens is 3. The lowest BCUT2D eigenvalue weighted by Gasteiger charge is -2.04. The lowest BCUT2D eigenvalue weighted by atomic mass is 10.3. The Morgan fingerprint density at radius 1 is 1.36 bits per heavy atom. The minimum absolute atomic E-state index is 0.796. The maximum atomic E-state index is 4.70. The molecule has 0 saturated carbocycles. The SMILES string of the molecule is CNc1nc2cc(C3=CCC=CC=N3)sc2n2c(C)cnc12. The molecule has 0 amide bonds. The number of imidazole rings is 1. The van der Waals surface area contributed by atoms with Crippen molar-refractivity contribution < 1.29 is 0 Å². The first-order chi connectivity index (χ1) is 10.8.